The molecule has 1 aliphatic rings. The number of fused-ring (bicyclic) bond motifs is 1. The van der Waals surface area contributed by atoms with Gasteiger partial charge in [0.25, 0.3) is 0 Å². The highest BCUT2D eigenvalue weighted by atomic mass is 16.5. The fourth-order valence-corrected chi connectivity index (χ4v) is 2.04. The number of benzene rings is 1. The van der Waals surface area contributed by atoms with E-state index in [-0.39, 0.29) is 5.92 Å². The van der Waals surface area contributed by atoms with Crippen LogP contribution in [0, 0.1) is 6.92 Å². The lowest BCUT2D eigenvalue weighted by Gasteiger charge is -2.15. The van der Waals surface area contributed by atoms with Gasteiger partial charge in [0.15, 0.2) is 11.5 Å². The summed E-state index contributed by atoms with van der Waals surface area (Å²) in [5.41, 5.74) is 2.22. The molecule has 92 valence electrons. The quantitative estimate of drug-likeness (QED) is 0.754. The standard InChI is InChI=1S/C14H18O3/c1-10(4-5-15)12-8-11(2)14-13(9-12)16-6-3-7-17-14/h5,8-10H,3-4,6-7H2,1-2H3. The minimum absolute atomic E-state index is 0.225. The van der Waals surface area contributed by atoms with Gasteiger partial charge < -0.3 is 14.3 Å². The van der Waals surface area contributed by atoms with Gasteiger partial charge >= 0.3 is 0 Å². The molecule has 1 atom stereocenters. The van der Waals surface area contributed by atoms with Crippen LogP contribution in [-0.4, -0.2) is 19.5 Å². The minimum Gasteiger partial charge on any atom is -0.490 e. The monoisotopic (exact) mass is 234 g/mol. The van der Waals surface area contributed by atoms with E-state index in [1.165, 1.54) is 0 Å². The summed E-state index contributed by atoms with van der Waals surface area (Å²) in [7, 11) is 0. The Hall–Kier alpha value is -1.51. The number of hydrogen-bond donors (Lipinski definition) is 0. The zero-order valence-corrected chi connectivity index (χ0v) is 10.4. The van der Waals surface area contributed by atoms with Crippen LogP contribution in [0.2, 0.25) is 0 Å². The SMILES string of the molecule is Cc1cc(C(C)CC=O)cc2c1OCCCO2. The molecule has 1 unspecified atom stereocenters. The lowest BCUT2D eigenvalue weighted by molar-refractivity contribution is -0.108. The van der Waals surface area contributed by atoms with Gasteiger partial charge in [-0.2, -0.15) is 0 Å². The molecule has 0 aromatic heterocycles. The van der Waals surface area contributed by atoms with Crippen molar-refractivity contribution in [3.05, 3.63) is 23.3 Å². The largest absolute Gasteiger partial charge is 0.490 e. The van der Waals surface area contributed by atoms with Crippen LogP contribution in [0.15, 0.2) is 12.1 Å². The average molecular weight is 234 g/mol. The Labute approximate surface area is 102 Å². The van der Waals surface area contributed by atoms with E-state index in [0.717, 1.165) is 35.3 Å². The summed E-state index contributed by atoms with van der Waals surface area (Å²) in [5, 5.41) is 0. The summed E-state index contributed by atoms with van der Waals surface area (Å²) in [4.78, 5) is 10.6. The molecule has 0 radical (unpaired) electrons. The van der Waals surface area contributed by atoms with E-state index in [2.05, 4.69) is 6.07 Å². The molecule has 0 aliphatic carbocycles. The Morgan fingerprint density at radius 2 is 2.12 bits per heavy atom. The first-order valence-corrected chi connectivity index (χ1v) is 6.06. The van der Waals surface area contributed by atoms with Crippen molar-refractivity contribution in [1.29, 1.82) is 0 Å². The molecule has 1 aliphatic heterocycles. The van der Waals surface area contributed by atoms with Crippen molar-refractivity contribution in [2.75, 3.05) is 13.2 Å². The van der Waals surface area contributed by atoms with Gasteiger partial charge in [0, 0.05) is 12.8 Å². The van der Waals surface area contributed by atoms with E-state index < -0.39 is 0 Å². The molecule has 0 spiro atoms. The van der Waals surface area contributed by atoms with E-state index in [1.807, 2.05) is 19.9 Å². The molecular formula is C14H18O3. The van der Waals surface area contributed by atoms with Gasteiger partial charge in [-0.25, -0.2) is 0 Å². The predicted octanol–water partition coefficient (Wildman–Crippen LogP) is 2.85. The van der Waals surface area contributed by atoms with Gasteiger partial charge in [0.1, 0.15) is 6.29 Å². The van der Waals surface area contributed by atoms with Crippen LogP contribution in [0.5, 0.6) is 11.5 Å². The third-order valence-corrected chi connectivity index (χ3v) is 3.07. The zero-order valence-electron chi connectivity index (χ0n) is 10.4. The topological polar surface area (TPSA) is 35.5 Å². The van der Waals surface area contributed by atoms with E-state index in [0.29, 0.717) is 19.6 Å². The third-order valence-electron chi connectivity index (χ3n) is 3.07. The van der Waals surface area contributed by atoms with Crippen LogP contribution < -0.4 is 9.47 Å². The van der Waals surface area contributed by atoms with Crippen molar-refractivity contribution in [2.24, 2.45) is 0 Å². The van der Waals surface area contributed by atoms with Gasteiger partial charge in [-0.1, -0.05) is 13.0 Å². The lowest BCUT2D eigenvalue weighted by Crippen LogP contribution is -1.99. The van der Waals surface area contributed by atoms with Crippen molar-refractivity contribution in [3.8, 4) is 11.5 Å². The summed E-state index contributed by atoms with van der Waals surface area (Å²) in [6.45, 7) is 5.47. The number of carbonyl (C=O) groups is 1. The van der Waals surface area contributed by atoms with Crippen LogP contribution >= 0.6 is 0 Å². The third kappa shape index (κ3) is 2.60. The highest BCUT2D eigenvalue weighted by Crippen LogP contribution is 2.36. The van der Waals surface area contributed by atoms with Gasteiger partial charge in [-0.05, 0) is 30.0 Å². The normalized spacial score (nSPS) is 16.1. The van der Waals surface area contributed by atoms with E-state index in [9.17, 15) is 4.79 Å². The molecular weight excluding hydrogens is 216 g/mol. The van der Waals surface area contributed by atoms with Gasteiger partial charge in [-0.3, -0.25) is 0 Å². The van der Waals surface area contributed by atoms with Crippen molar-refractivity contribution < 1.29 is 14.3 Å². The second-order valence-electron chi connectivity index (χ2n) is 4.52. The van der Waals surface area contributed by atoms with Crippen molar-refractivity contribution in [3.63, 3.8) is 0 Å². The van der Waals surface area contributed by atoms with E-state index >= 15 is 0 Å². The molecule has 1 aromatic rings. The van der Waals surface area contributed by atoms with Gasteiger partial charge in [0.2, 0.25) is 0 Å². The average Bonchev–Trinajstić information content (AvgIpc) is 2.54. The summed E-state index contributed by atoms with van der Waals surface area (Å²) in [6, 6.07) is 4.09. The van der Waals surface area contributed by atoms with Crippen LogP contribution in [0.25, 0.3) is 0 Å². The number of ether oxygens (including phenoxy) is 2. The first-order valence-electron chi connectivity index (χ1n) is 6.06. The summed E-state index contributed by atoms with van der Waals surface area (Å²) in [6.07, 6.45) is 2.41. The van der Waals surface area contributed by atoms with E-state index in [4.69, 9.17) is 9.47 Å². The highest BCUT2D eigenvalue weighted by molar-refractivity contribution is 5.54. The molecule has 0 bridgehead atoms. The molecule has 3 heteroatoms. The van der Waals surface area contributed by atoms with Crippen LogP contribution in [0.4, 0.5) is 0 Å². The molecule has 2 rings (SSSR count). The maximum absolute atomic E-state index is 10.6. The molecule has 0 fully saturated rings. The number of carbonyl (C=O) groups excluding carboxylic acids is 1. The summed E-state index contributed by atoms with van der Waals surface area (Å²) < 4.78 is 11.4. The smallest absolute Gasteiger partial charge is 0.164 e. The molecule has 0 saturated heterocycles. The molecule has 17 heavy (non-hydrogen) atoms. The Bertz CT molecular complexity index is 412. The second-order valence-corrected chi connectivity index (χ2v) is 4.52. The predicted molar refractivity (Wildman–Crippen MR) is 65.9 cm³/mol. The first-order chi connectivity index (χ1) is 8.22. The molecule has 0 amide bonds. The first kappa shape index (κ1) is 12.0. The maximum Gasteiger partial charge on any atom is 0.164 e. The van der Waals surface area contributed by atoms with Crippen LogP contribution in [0.1, 0.15) is 36.8 Å². The number of aldehydes is 1. The van der Waals surface area contributed by atoms with E-state index in [1.54, 1.807) is 0 Å². The van der Waals surface area contributed by atoms with Gasteiger partial charge in [-0.15, -0.1) is 0 Å². The van der Waals surface area contributed by atoms with Crippen molar-refractivity contribution in [1.82, 2.24) is 0 Å². The lowest BCUT2D eigenvalue weighted by atomic mass is 9.96. The Balaban J connectivity index is 2.34. The maximum atomic E-state index is 10.6. The number of aryl methyl sites for hydroxylation is 1. The summed E-state index contributed by atoms with van der Waals surface area (Å²) in [5.74, 6) is 1.89. The van der Waals surface area contributed by atoms with Crippen molar-refractivity contribution >= 4 is 6.29 Å². The van der Waals surface area contributed by atoms with Crippen LogP contribution in [-0.2, 0) is 4.79 Å². The molecule has 1 aromatic carbocycles. The minimum atomic E-state index is 0.225. The molecule has 1 heterocycles. The molecule has 0 saturated carbocycles. The zero-order chi connectivity index (χ0) is 12.3. The molecule has 0 N–H and O–H groups in total. The summed E-state index contributed by atoms with van der Waals surface area (Å²) >= 11 is 0. The molecule has 3 nitrogen and oxygen atoms in total. The Morgan fingerprint density at radius 3 is 2.88 bits per heavy atom. The van der Waals surface area contributed by atoms with Gasteiger partial charge in [0.05, 0.1) is 13.2 Å². The number of rotatable bonds is 3. The number of hydrogen-bond acceptors (Lipinski definition) is 3. The highest BCUT2D eigenvalue weighted by Gasteiger charge is 2.16. The fourth-order valence-electron chi connectivity index (χ4n) is 2.04. The van der Waals surface area contributed by atoms with Crippen molar-refractivity contribution in [2.45, 2.75) is 32.6 Å². The fraction of sp³-hybridized carbons (Fsp3) is 0.500. The van der Waals surface area contributed by atoms with Crippen LogP contribution in [0.3, 0.4) is 0 Å². The Morgan fingerprint density at radius 1 is 1.35 bits per heavy atom. The second kappa shape index (κ2) is 5.21. The Kier molecular flexibility index (Phi) is 3.67.